The fourth-order valence-electron chi connectivity index (χ4n) is 8.34. The molecule has 1 aliphatic rings. The van der Waals surface area contributed by atoms with E-state index in [9.17, 15) is 14.4 Å². The van der Waals surface area contributed by atoms with Crippen LogP contribution in [0.4, 0.5) is 14.5 Å². The Kier molecular flexibility index (Phi) is 15.0. The lowest BCUT2D eigenvalue weighted by Gasteiger charge is -2.27. The molecule has 2 N–H and O–H groups in total. The largest absolute Gasteiger partial charge is 0.465 e. The first kappa shape index (κ1) is 45.9. The third-order valence-corrected chi connectivity index (χ3v) is 12.7. The first-order chi connectivity index (χ1) is 32.2. The molecular formula is C50H50F2N8O5S. The number of aromatic nitrogens is 6. The van der Waals surface area contributed by atoms with Crippen molar-refractivity contribution in [1.29, 1.82) is 0 Å². The van der Waals surface area contributed by atoms with E-state index >= 15 is 8.78 Å². The Bertz CT molecular complexity index is 2880. The number of hydrogen-bond acceptors (Lipinski definition) is 12. The molecule has 66 heavy (non-hydrogen) atoms. The Labute approximate surface area is 384 Å². The van der Waals surface area contributed by atoms with Crippen LogP contribution < -0.4 is 21.3 Å². The van der Waals surface area contributed by atoms with Crippen molar-refractivity contribution in [2.45, 2.75) is 75.0 Å². The van der Waals surface area contributed by atoms with Gasteiger partial charge >= 0.3 is 11.7 Å². The molecule has 3 aromatic carbocycles. The van der Waals surface area contributed by atoms with Gasteiger partial charge in [0.1, 0.15) is 30.1 Å². The van der Waals surface area contributed by atoms with Crippen LogP contribution in [-0.2, 0) is 34.3 Å². The van der Waals surface area contributed by atoms with Crippen LogP contribution in [0.5, 0.6) is 0 Å². The van der Waals surface area contributed by atoms with Gasteiger partial charge in [-0.05, 0) is 84.2 Å². The summed E-state index contributed by atoms with van der Waals surface area (Å²) >= 11 is 1.13. The van der Waals surface area contributed by atoms with Crippen LogP contribution in [0.15, 0.2) is 130 Å². The van der Waals surface area contributed by atoms with Gasteiger partial charge in [0.2, 0.25) is 0 Å². The number of esters is 1. The summed E-state index contributed by atoms with van der Waals surface area (Å²) in [5.41, 5.74) is 2.06. The molecule has 0 spiro atoms. The molecule has 1 aliphatic carbocycles. The van der Waals surface area contributed by atoms with E-state index in [1.165, 1.54) is 61.3 Å². The number of halogens is 2. The van der Waals surface area contributed by atoms with Crippen LogP contribution in [0.1, 0.15) is 73.5 Å². The maximum Gasteiger partial charge on any atom is 0.337 e. The van der Waals surface area contributed by atoms with Crippen molar-refractivity contribution in [1.82, 2.24) is 34.4 Å². The number of nitrogens with one attached hydrogen (secondary N) is 2. The van der Waals surface area contributed by atoms with Crippen molar-refractivity contribution in [2.75, 3.05) is 18.4 Å². The third-order valence-electron chi connectivity index (χ3n) is 11.9. The quantitative estimate of drug-likeness (QED) is 0.0481. The van der Waals surface area contributed by atoms with Crippen LogP contribution in [0, 0.1) is 17.6 Å². The summed E-state index contributed by atoms with van der Waals surface area (Å²) in [6.45, 7) is 0.528. The Morgan fingerprint density at radius 1 is 0.879 bits per heavy atom. The van der Waals surface area contributed by atoms with Crippen LogP contribution in [0.3, 0.4) is 0 Å². The smallest absolute Gasteiger partial charge is 0.337 e. The van der Waals surface area contributed by atoms with Gasteiger partial charge in [0, 0.05) is 61.0 Å². The second-order valence-electron chi connectivity index (χ2n) is 16.4. The molecule has 0 saturated heterocycles. The maximum absolute atomic E-state index is 16.4. The summed E-state index contributed by atoms with van der Waals surface area (Å²) in [4.78, 5) is 58.8. The number of carbonyl (C=O) groups is 1. The zero-order chi connectivity index (χ0) is 46.0. The first-order valence-corrected chi connectivity index (χ1v) is 22.8. The van der Waals surface area contributed by atoms with Gasteiger partial charge in [-0.25, -0.2) is 33.1 Å². The zero-order valence-electron chi connectivity index (χ0n) is 36.7. The number of benzene rings is 3. The molecule has 7 aromatic rings. The second-order valence-corrected chi connectivity index (χ2v) is 17.3. The average molecular weight is 913 g/mol. The lowest BCUT2D eigenvalue weighted by Crippen LogP contribution is -2.43. The summed E-state index contributed by atoms with van der Waals surface area (Å²) < 4.78 is 48.8. The summed E-state index contributed by atoms with van der Waals surface area (Å²) in [6.07, 6.45) is 15.6. The number of rotatable bonds is 18. The lowest BCUT2D eigenvalue weighted by molar-refractivity contribution is -0.146. The summed E-state index contributed by atoms with van der Waals surface area (Å²) in [5.74, 6) is -0.665. The molecule has 1 fully saturated rings. The standard InChI is InChI=1S/C50H50F2N8O5S/c1-59-44-30-53-22-21-38(44)48(61)60(50(59)63)46-20-15-33(27-56-46)24-43(49(62)65-23-9-12-32-10-5-3-6-11-32)57-47(35-13-7-4-8-14-35)39-25-41(52)42(26-40(39)51)58-66-37-18-16-34(17-19-37)36-28-54-45(31-64-2)55-29-36/h4,7-8,13-22,25-30,32,43,47,57-58H,3,5-6,9-12,23-24,31H2,1-2H3/t43-,47?/m0/s1. The lowest BCUT2D eigenvalue weighted by atomic mass is 9.86. The van der Waals surface area contributed by atoms with Crippen molar-refractivity contribution in [3.05, 3.63) is 171 Å². The van der Waals surface area contributed by atoms with Crippen molar-refractivity contribution < 1.29 is 23.0 Å². The maximum atomic E-state index is 16.4. The van der Waals surface area contributed by atoms with Crippen molar-refractivity contribution >= 4 is 34.5 Å². The highest BCUT2D eigenvalue weighted by molar-refractivity contribution is 8.00. The number of aryl methyl sites for hydroxylation is 1. The number of carbonyl (C=O) groups excluding carboxylic acids is 1. The predicted octanol–water partition coefficient (Wildman–Crippen LogP) is 8.67. The topological polar surface area (TPSA) is 155 Å². The molecule has 2 atom stereocenters. The SMILES string of the molecule is COCc1ncc(-c2ccc(SNc3cc(F)c(C(N[C@@H](Cc4ccc(-n5c(=O)c6ccncc6n(C)c5=O)nc4)C(=O)OCCCC4CCCCC4)c4ccccc4)cc3F)cc2)cn1. The van der Waals surface area contributed by atoms with E-state index in [2.05, 4.69) is 30.0 Å². The van der Waals surface area contributed by atoms with Gasteiger partial charge in [-0.15, -0.1) is 0 Å². The Hall–Kier alpha value is -6.62. The van der Waals surface area contributed by atoms with Crippen LogP contribution in [-0.4, -0.2) is 54.8 Å². The number of pyridine rings is 2. The third kappa shape index (κ3) is 10.9. The van der Waals surface area contributed by atoms with Gasteiger partial charge in [0.15, 0.2) is 5.82 Å². The summed E-state index contributed by atoms with van der Waals surface area (Å²) in [6, 6.07) is 21.4. The van der Waals surface area contributed by atoms with E-state index in [4.69, 9.17) is 9.47 Å². The van der Waals surface area contributed by atoms with Crippen molar-refractivity contribution in [3.8, 4) is 16.9 Å². The molecule has 4 heterocycles. The van der Waals surface area contributed by atoms with Gasteiger partial charge in [0.25, 0.3) is 5.56 Å². The van der Waals surface area contributed by atoms with Crippen LogP contribution >= 0.6 is 11.9 Å². The summed E-state index contributed by atoms with van der Waals surface area (Å²) in [5, 5.41) is 3.63. The normalized spacial score (nSPS) is 13.9. The summed E-state index contributed by atoms with van der Waals surface area (Å²) in [7, 11) is 3.13. The van der Waals surface area contributed by atoms with E-state index in [0.717, 1.165) is 51.1 Å². The van der Waals surface area contributed by atoms with E-state index in [1.807, 2.05) is 30.3 Å². The molecule has 0 bridgehead atoms. The first-order valence-electron chi connectivity index (χ1n) is 22.0. The highest BCUT2D eigenvalue weighted by Gasteiger charge is 2.29. The van der Waals surface area contributed by atoms with Gasteiger partial charge in [0.05, 0.1) is 35.4 Å². The monoisotopic (exact) mass is 912 g/mol. The zero-order valence-corrected chi connectivity index (χ0v) is 37.5. The molecule has 13 nitrogen and oxygen atoms in total. The van der Waals surface area contributed by atoms with Gasteiger partial charge < -0.3 is 14.2 Å². The minimum Gasteiger partial charge on any atom is -0.465 e. The van der Waals surface area contributed by atoms with Crippen molar-refractivity contribution in [2.24, 2.45) is 13.0 Å². The molecule has 1 unspecified atom stereocenters. The molecule has 0 aliphatic heterocycles. The number of anilines is 1. The Morgan fingerprint density at radius 3 is 2.38 bits per heavy atom. The fourth-order valence-corrected chi connectivity index (χ4v) is 9.00. The Morgan fingerprint density at radius 2 is 1.65 bits per heavy atom. The van der Waals surface area contributed by atoms with E-state index in [1.54, 1.807) is 62.9 Å². The van der Waals surface area contributed by atoms with Gasteiger partial charge in [-0.2, -0.15) is 0 Å². The molecule has 0 radical (unpaired) electrons. The van der Waals surface area contributed by atoms with Gasteiger partial charge in [-0.3, -0.25) is 24.5 Å². The molecule has 1 saturated carbocycles. The molecule has 16 heteroatoms. The number of hydrogen-bond donors (Lipinski definition) is 2. The van der Waals surface area contributed by atoms with E-state index in [0.29, 0.717) is 46.8 Å². The minimum atomic E-state index is -1.05. The minimum absolute atomic E-state index is 0.0114. The predicted molar refractivity (Wildman–Crippen MR) is 250 cm³/mol. The highest BCUT2D eigenvalue weighted by atomic mass is 32.2. The van der Waals surface area contributed by atoms with E-state index in [-0.39, 0.29) is 30.1 Å². The average Bonchev–Trinajstić information content (AvgIpc) is 3.35. The number of fused-ring (bicyclic) bond motifs is 1. The number of methoxy groups -OCH3 is 1. The molecule has 4 aromatic heterocycles. The molecule has 8 rings (SSSR count). The highest BCUT2D eigenvalue weighted by Crippen LogP contribution is 2.33. The van der Waals surface area contributed by atoms with E-state index < -0.39 is 40.9 Å². The van der Waals surface area contributed by atoms with Crippen LogP contribution in [0.25, 0.3) is 27.8 Å². The van der Waals surface area contributed by atoms with Crippen molar-refractivity contribution in [3.63, 3.8) is 0 Å². The molecular weight excluding hydrogens is 863 g/mol. The number of nitrogens with zero attached hydrogens (tertiary/aromatic N) is 6. The fraction of sp³-hybridized carbons (Fsp3) is 0.300. The van der Waals surface area contributed by atoms with Crippen LogP contribution in [0.2, 0.25) is 0 Å². The second kappa shape index (κ2) is 21.6. The Balaban J connectivity index is 1.03. The van der Waals surface area contributed by atoms with Gasteiger partial charge in [-0.1, -0.05) is 80.6 Å². The number of ether oxygens (including phenoxy) is 2. The molecule has 0 amide bonds. The molecule has 340 valence electrons.